The van der Waals surface area contributed by atoms with Crippen LogP contribution in [0.3, 0.4) is 0 Å². The van der Waals surface area contributed by atoms with E-state index >= 15 is 0 Å². The largest absolute Gasteiger partial charge is 0.440 e. The molecule has 6 nitrogen and oxygen atoms in total. The lowest BCUT2D eigenvalue weighted by Crippen LogP contribution is -2.44. The zero-order valence-electron chi connectivity index (χ0n) is 16.0. The summed E-state index contributed by atoms with van der Waals surface area (Å²) >= 11 is 0. The van der Waals surface area contributed by atoms with Gasteiger partial charge in [0.25, 0.3) is 0 Å². The van der Waals surface area contributed by atoms with Crippen LogP contribution in [0.5, 0.6) is 0 Å². The highest BCUT2D eigenvalue weighted by molar-refractivity contribution is 5.85. The molecule has 0 radical (unpaired) electrons. The van der Waals surface area contributed by atoms with Crippen LogP contribution in [0.2, 0.25) is 0 Å². The molecule has 6 heteroatoms. The average molecular weight is 370 g/mol. The average Bonchev–Trinajstić information content (AvgIpc) is 2.92. The number of aryl methyl sites for hydroxylation is 1. The molecule has 2 aliphatic rings. The zero-order chi connectivity index (χ0) is 19.2. The molecular weight excluding hydrogens is 344 g/mol. The number of carbonyl (C=O) groups is 1. The third-order valence-electron chi connectivity index (χ3n) is 6.18. The number of aliphatic hydroxyl groups is 1. The number of piperidine rings is 1. The molecule has 2 aliphatic heterocycles. The van der Waals surface area contributed by atoms with Gasteiger partial charge in [0.1, 0.15) is 5.58 Å². The third kappa shape index (κ3) is 3.02. The lowest BCUT2D eigenvalue weighted by Gasteiger charge is -2.38. The SMILES string of the molecule is Cc1cc(CCO)c2oc(N3CCC4(CCN(C)C4=O)CC3)cc(=O)c2c1. The second-order valence-corrected chi connectivity index (χ2v) is 7.97. The molecule has 1 spiro atoms. The van der Waals surface area contributed by atoms with E-state index in [2.05, 4.69) is 4.90 Å². The zero-order valence-corrected chi connectivity index (χ0v) is 16.0. The summed E-state index contributed by atoms with van der Waals surface area (Å²) in [5, 5.41) is 9.91. The number of carbonyl (C=O) groups excluding carboxylic acids is 1. The van der Waals surface area contributed by atoms with Crippen molar-refractivity contribution in [3.05, 3.63) is 39.5 Å². The Morgan fingerprint density at radius 2 is 1.81 bits per heavy atom. The Balaban J connectivity index is 1.65. The van der Waals surface area contributed by atoms with E-state index in [1.165, 1.54) is 0 Å². The van der Waals surface area contributed by atoms with Crippen LogP contribution in [0.25, 0.3) is 11.0 Å². The van der Waals surface area contributed by atoms with E-state index in [1.807, 2.05) is 31.0 Å². The highest BCUT2D eigenvalue weighted by Crippen LogP contribution is 2.42. The van der Waals surface area contributed by atoms with Gasteiger partial charge in [0.2, 0.25) is 5.91 Å². The van der Waals surface area contributed by atoms with Crippen molar-refractivity contribution in [2.75, 3.05) is 38.2 Å². The van der Waals surface area contributed by atoms with E-state index in [0.717, 1.165) is 36.9 Å². The highest BCUT2D eigenvalue weighted by atomic mass is 16.4. The molecule has 0 bridgehead atoms. The van der Waals surface area contributed by atoms with Gasteiger partial charge in [-0.05, 0) is 49.8 Å². The van der Waals surface area contributed by atoms with Crippen molar-refractivity contribution in [3.8, 4) is 0 Å². The number of benzene rings is 1. The van der Waals surface area contributed by atoms with Gasteiger partial charge >= 0.3 is 0 Å². The Bertz CT molecular complexity index is 941. The molecule has 0 unspecified atom stereocenters. The second kappa shape index (κ2) is 6.68. The summed E-state index contributed by atoms with van der Waals surface area (Å²) in [5.41, 5.74) is 2.10. The lowest BCUT2D eigenvalue weighted by molar-refractivity contribution is -0.135. The molecular formula is C21H26N2O4. The Morgan fingerprint density at radius 1 is 1.11 bits per heavy atom. The number of hydrogen-bond donors (Lipinski definition) is 1. The van der Waals surface area contributed by atoms with Gasteiger partial charge in [-0.1, -0.05) is 6.07 Å². The molecule has 27 heavy (non-hydrogen) atoms. The molecule has 1 amide bonds. The molecule has 2 saturated heterocycles. The fraction of sp³-hybridized carbons (Fsp3) is 0.524. The van der Waals surface area contributed by atoms with Crippen molar-refractivity contribution >= 4 is 22.8 Å². The molecule has 144 valence electrons. The van der Waals surface area contributed by atoms with Crippen molar-refractivity contribution < 1.29 is 14.3 Å². The maximum atomic E-state index is 12.7. The smallest absolute Gasteiger partial charge is 0.228 e. The maximum absolute atomic E-state index is 12.7. The molecule has 0 aliphatic carbocycles. The third-order valence-corrected chi connectivity index (χ3v) is 6.18. The molecule has 1 aromatic heterocycles. The Morgan fingerprint density at radius 3 is 2.44 bits per heavy atom. The van der Waals surface area contributed by atoms with E-state index in [4.69, 9.17) is 4.42 Å². The molecule has 4 rings (SSSR count). The predicted molar refractivity (Wildman–Crippen MR) is 104 cm³/mol. The number of rotatable bonds is 3. The fourth-order valence-corrected chi connectivity index (χ4v) is 4.55. The Hall–Kier alpha value is -2.34. The molecule has 3 heterocycles. The second-order valence-electron chi connectivity index (χ2n) is 7.97. The van der Waals surface area contributed by atoms with Crippen molar-refractivity contribution in [1.82, 2.24) is 4.90 Å². The minimum Gasteiger partial charge on any atom is -0.440 e. The number of nitrogens with zero attached hydrogens (tertiary/aromatic N) is 2. The van der Waals surface area contributed by atoms with Crippen molar-refractivity contribution in [2.24, 2.45) is 5.41 Å². The summed E-state index contributed by atoms with van der Waals surface area (Å²) in [6.07, 6.45) is 2.94. The first-order valence-corrected chi connectivity index (χ1v) is 9.62. The van der Waals surface area contributed by atoms with Crippen LogP contribution in [0.15, 0.2) is 27.4 Å². The van der Waals surface area contributed by atoms with Crippen molar-refractivity contribution in [2.45, 2.75) is 32.6 Å². The number of fused-ring (bicyclic) bond motifs is 1. The van der Waals surface area contributed by atoms with Gasteiger partial charge in [-0.2, -0.15) is 0 Å². The van der Waals surface area contributed by atoms with Gasteiger partial charge in [-0.3, -0.25) is 9.59 Å². The summed E-state index contributed by atoms with van der Waals surface area (Å²) < 4.78 is 6.14. The molecule has 0 atom stereocenters. The fourth-order valence-electron chi connectivity index (χ4n) is 4.55. The molecule has 0 saturated carbocycles. The molecule has 1 aromatic carbocycles. The van der Waals surface area contributed by atoms with Gasteiger partial charge in [0, 0.05) is 39.4 Å². The molecule has 2 fully saturated rings. The molecule has 1 N–H and O–H groups in total. The summed E-state index contributed by atoms with van der Waals surface area (Å²) in [6.45, 7) is 4.18. The van der Waals surface area contributed by atoms with E-state index in [-0.39, 0.29) is 23.4 Å². The van der Waals surface area contributed by atoms with E-state index in [9.17, 15) is 14.7 Å². The van der Waals surface area contributed by atoms with Gasteiger partial charge in [0.15, 0.2) is 11.3 Å². The van der Waals surface area contributed by atoms with Crippen LogP contribution in [0, 0.1) is 12.3 Å². The number of hydrogen-bond acceptors (Lipinski definition) is 5. The number of likely N-dealkylation sites (tertiary alicyclic amines) is 1. The lowest BCUT2D eigenvalue weighted by atomic mass is 9.77. The first-order valence-electron chi connectivity index (χ1n) is 9.62. The first-order chi connectivity index (χ1) is 12.9. The van der Waals surface area contributed by atoms with Crippen LogP contribution >= 0.6 is 0 Å². The van der Waals surface area contributed by atoms with E-state index in [0.29, 0.717) is 36.4 Å². The summed E-state index contributed by atoms with van der Waals surface area (Å²) in [6, 6.07) is 5.36. The van der Waals surface area contributed by atoms with Gasteiger partial charge < -0.3 is 19.3 Å². The summed E-state index contributed by atoms with van der Waals surface area (Å²) in [5.74, 6) is 0.812. The van der Waals surface area contributed by atoms with Crippen LogP contribution in [0.1, 0.15) is 30.4 Å². The maximum Gasteiger partial charge on any atom is 0.228 e. The number of anilines is 1. The quantitative estimate of drug-likeness (QED) is 0.896. The topological polar surface area (TPSA) is 74.0 Å². The summed E-state index contributed by atoms with van der Waals surface area (Å²) in [4.78, 5) is 29.1. The number of aliphatic hydroxyl groups excluding tert-OH is 1. The number of amides is 1. The van der Waals surface area contributed by atoms with Gasteiger partial charge in [0.05, 0.1) is 10.8 Å². The van der Waals surface area contributed by atoms with Crippen molar-refractivity contribution in [1.29, 1.82) is 0 Å². The van der Waals surface area contributed by atoms with Crippen LogP contribution in [0.4, 0.5) is 5.88 Å². The highest BCUT2D eigenvalue weighted by Gasteiger charge is 2.47. The van der Waals surface area contributed by atoms with Gasteiger partial charge in [-0.15, -0.1) is 0 Å². The van der Waals surface area contributed by atoms with Gasteiger partial charge in [-0.25, -0.2) is 0 Å². The van der Waals surface area contributed by atoms with Crippen LogP contribution < -0.4 is 10.3 Å². The predicted octanol–water partition coefficient (Wildman–Crippen LogP) is 2.08. The van der Waals surface area contributed by atoms with E-state index < -0.39 is 0 Å². The summed E-state index contributed by atoms with van der Waals surface area (Å²) in [7, 11) is 1.87. The molecule has 2 aromatic rings. The Kier molecular flexibility index (Phi) is 4.46. The first kappa shape index (κ1) is 18.0. The van der Waals surface area contributed by atoms with Crippen LogP contribution in [-0.4, -0.2) is 49.2 Å². The minimum absolute atomic E-state index is 0.00829. The minimum atomic E-state index is -0.235. The van der Waals surface area contributed by atoms with Crippen LogP contribution in [-0.2, 0) is 11.2 Å². The normalized spacial score (nSPS) is 19.4. The van der Waals surface area contributed by atoms with E-state index in [1.54, 1.807) is 6.07 Å². The van der Waals surface area contributed by atoms with Crippen molar-refractivity contribution in [3.63, 3.8) is 0 Å². The standard InChI is InChI=1S/C21H26N2O4/c1-14-11-15(3-10-24)19-16(12-14)17(25)13-18(27-19)23-8-5-21(6-9-23)4-7-22(2)20(21)26/h11-13,24H,3-10H2,1-2H3. The Labute approximate surface area is 158 Å². The monoisotopic (exact) mass is 370 g/mol.